The summed E-state index contributed by atoms with van der Waals surface area (Å²) in [7, 11) is 0. The van der Waals surface area contributed by atoms with Crippen LogP contribution in [-0.2, 0) is 19.1 Å². The van der Waals surface area contributed by atoms with Crippen molar-refractivity contribution in [2.75, 3.05) is 0 Å². The Morgan fingerprint density at radius 1 is 0.941 bits per heavy atom. The third-order valence-corrected chi connectivity index (χ3v) is 4.44. The zero-order valence-electron chi connectivity index (χ0n) is 9.94. The zero-order valence-corrected chi connectivity index (χ0v) is 9.94. The fourth-order valence-electron chi connectivity index (χ4n) is 3.78. The molecule has 0 amide bonds. The number of carbonyl (C=O) groups excluding carboxylic acids is 2. The number of esters is 2. The molecule has 2 saturated carbocycles. The van der Waals surface area contributed by atoms with Gasteiger partial charge in [-0.1, -0.05) is 12.8 Å². The van der Waals surface area contributed by atoms with Crippen molar-refractivity contribution in [2.24, 2.45) is 11.8 Å². The molecular weight excluding hydrogens is 220 g/mol. The first-order chi connectivity index (χ1) is 8.20. The van der Waals surface area contributed by atoms with Crippen molar-refractivity contribution < 1.29 is 19.1 Å². The Kier molecular flexibility index (Phi) is 2.60. The van der Waals surface area contributed by atoms with Crippen LogP contribution in [0.25, 0.3) is 0 Å². The molecule has 2 aliphatic carbocycles. The maximum absolute atomic E-state index is 11.5. The molecule has 17 heavy (non-hydrogen) atoms. The van der Waals surface area contributed by atoms with Gasteiger partial charge in [-0.2, -0.15) is 0 Å². The lowest BCUT2D eigenvalue weighted by Crippen LogP contribution is -2.49. The van der Waals surface area contributed by atoms with Crippen LogP contribution in [0.4, 0.5) is 0 Å². The first kappa shape index (κ1) is 11.1. The predicted octanol–water partition coefficient (Wildman–Crippen LogP) is 2.16. The van der Waals surface area contributed by atoms with E-state index in [4.69, 9.17) is 9.47 Å². The molecule has 4 nitrogen and oxygen atoms in total. The van der Waals surface area contributed by atoms with Gasteiger partial charge in [0.15, 0.2) is 0 Å². The van der Waals surface area contributed by atoms with Crippen LogP contribution in [-0.4, -0.2) is 17.7 Å². The summed E-state index contributed by atoms with van der Waals surface area (Å²) in [5.74, 6) is -0.923. The monoisotopic (exact) mass is 238 g/mol. The van der Waals surface area contributed by atoms with E-state index in [2.05, 4.69) is 0 Å². The third-order valence-electron chi connectivity index (χ3n) is 4.44. The van der Waals surface area contributed by atoms with Gasteiger partial charge >= 0.3 is 11.9 Å². The van der Waals surface area contributed by atoms with Gasteiger partial charge in [0.05, 0.1) is 0 Å². The van der Waals surface area contributed by atoms with Gasteiger partial charge in [-0.05, 0) is 31.6 Å². The molecule has 1 spiro atoms. The minimum atomic E-state index is -0.901. The summed E-state index contributed by atoms with van der Waals surface area (Å²) in [4.78, 5) is 22.9. The van der Waals surface area contributed by atoms with Crippen LogP contribution in [0, 0.1) is 11.8 Å². The molecule has 0 bridgehead atoms. The van der Waals surface area contributed by atoms with Crippen LogP contribution >= 0.6 is 0 Å². The van der Waals surface area contributed by atoms with Crippen LogP contribution in [0.5, 0.6) is 0 Å². The highest BCUT2D eigenvalue weighted by atomic mass is 16.7. The topological polar surface area (TPSA) is 52.6 Å². The average Bonchev–Trinajstić information content (AvgIpc) is 2.85. The van der Waals surface area contributed by atoms with Crippen molar-refractivity contribution in [3.8, 4) is 0 Å². The molecule has 3 fully saturated rings. The number of ether oxygens (including phenoxy) is 2. The van der Waals surface area contributed by atoms with E-state index in [9.17, 15) is 9.59 Å². The fraction of sp³-hybridized carbons (Fsp3) is 0.846. The summed E-state index contributed by atoms with van der Waals surface area (Å²) >= 11 is 0. The Morgan fingerprint density at radius 3 is 2.24 bits per heavy atom. The van der Waals surface area contributed by atoms with Crippen molar-refractivity contribution in [2.45, 2.75) is 57.2 Å². The molecule has 94 valence electrons. The molecule has 1 saturated heterocycles. The maximum atomic E-state index is 11.5. The molecule has 3 rings (SSSR count). The van der Waals surface area contributed by atoms with E-state index in [1.165, 1.54) is 25.7 Å². The largest absolute Gasteiger partial charge is 0.422 e. The van der Waals surface area contributed by atoms with Gasteiger partial charge in [-0.25, -0.2) is 0 Å². The Balaban J connectivity index is 1.83. The summed E-state index contributed by atoms with van der Waals surface area (Å²) < 4.78 is 10.9. The van der Waals surface area contributed by atoms with Gasteiger partial charge in [0, 0.05) is 12.3 Å². The number of hydrogen-bond acceptors (Lipinski definition) is 4. The van der Waals surface area contributed by atoms with E-state index in [1.807, 2.05) is 0 Å². The molecule has 1 unspecified atom stereocenters. The summed E-state index contributed by atoms with van der Waals surface area (Å²) in [6, 6.07) is 0. The van der Waals surface area contributed by atoms with Gasteiger partial charge in [-0.15, -0.1) is 0 Å². The molecule has 0 aromatic carbocycles. The van der Waals surface area contributed by atoms with Gasteiger partial charge < -0.3 is 9.47 Å². The minimum Gasteiger partial charge on any atom is -0.422 e. The number of carbonyl (C=O) groups is 2. The van der Waals surface area contributed by atoms with Crippen molar-refractivity contribution in [1.29, 1.82) is 0 Å². The molecule has 3 aliphatic rings. The Labute approximate surface area is 101 Å². The SMILES string of the molecule is O=C1CC(=O)OC2(CCCC2C2CCCC2)O1. The van der Waals surface area contributed by atoms with Crippen LogP contribution in [0.2, 0.25) is 0 Å². The van der Waals surface area contributed by atoms with Gasteiger partial charge in [0.25, 0.3) is 5.79 Å². The standard InChI is InChI=1S/C13H18O4/c14-11-8-12(15)17-13(16-11)7-3-6-10(13)9-4-1-2-5-9/h9-10H,1-8H2. The first-order valence-corrected chi connectivity index (χ1v) is 6.63. The fourth-order valence-corrected chi connectivity index (χ4v) is 3.78. The summed E-state index contributed by atoms with van der Waals surface area (Å²) in [5.41, 5.74) is 0. The second-order valence-corrected chi connectivity index (χ2v) is 5.48. The molecule has 0 radical (unpaired) electrons. The lowest BCUT2D eigenvalue weighted by molar-refractivity contribution is -0.260. The number of hydrogen-bond donors (Lipinski definition) is 0. The van der Waals surface area contributed by atoms with Crippen LogP contribution < -0.4 is 0 Å². The molecule has 4 heteroatoms. The Bertz CT molecular complexity index is 327. The summed E-state index contributed by atoms with van der Waals surface area (Å²) in [6.45, 7) is 0. The molecule has 0 aromatic rings. The van der Waals surface area contributed by atoms with E-state index in [0.717, 1.165) is 12.8 Å². The van der Waals surface area contributed by atoms with Crippen LogP contribution in [0.3, 0.4) is 0 Å². The minimum absolute atomic E-state index is 0.223. The Morgan fingerprint density at radius 2 is 1.59 bits per heavy atom. The molecular formula is C13H18O4. The van der Waals surface area contributed by atoms with Crippen LogP contribution in [0.1, 0.15) is 51.4 Å². The van der Waals surface area contributed by atoms with Gasteiger partial charge in [0.1, 0.15) is 6.42 Å². The van der Waals surface area contributed by atoms with E-state index < -0.39 is 17.7 Å². The van der Waals surface area contributed by atoms with Crippen molar-refractivity contribution in [3.63, 3.8) is 0 Å². The van der Waals surface area contributed by atoms with Gasteiger partial charge in [0.2, 0.25) is 0 Å². The lowest BCUT2D eigenvalue weighted by Gasteiger charge is -2.39. The van der Waals surface area contributed by atoms with E-state index in [-0.39, 0.29) is 12.3 Å². The quantitative estimate of drug-likeness (QED) is 0.519. The average molecular weight is 238 g/mol. The highest BCUT2D eigenvalue weighted by Crippen LogP contribution is 2.49. The molecule has 1 atom stereocenters. The molecule has 1 heterocycles. The molecule has 0 N–H and O–H groups in total. The maximum Gasteiger partial charge on any atom is 0.320 e. The number of rotatable bonds is 1. The van der Waals surface area contributed by atoms with Crippen molar-refractivity contribution >= 4 is 11.9 Å². The smallest absolute Gasteiger partial charge is 0.320 e. The zero-order chi connectivity index (χ0) is 11.9. The summed E-state index contributed by atoms with van der Waals surface area (Å²) in [6.07, 6.45) is 7.33. The highest BCUT2D eigenvalue weighted by molar-refractivity contribution is 5.93. The Hall–Kier alpha value is -1.06. The molecule has 1 aliphatic heterocycles. The van der Waals surface area contributed by atoms with Crippen LogP contribution in [0.15, 0.2) is 0 Å². The second kappa shape index (κ2) is 4.00. The lowest BCUT2D eigenvalue weighted by atomic mass is 9.85. The summed E-state index contributed by atoms with van der Waals surface area (Å²) in [5, 5.41) is 0. The highest BCUT2D eigenvalue weighted by Gasteiger charge is 2.55. The van der Waals surface area contributed by atoms with E-state index >= 15 is 0 Å². The van der Waals surface area contributed by atoms with Crippen molar-refractivity contribution in [3.05, 3.63) is 0 Å². The predicted molar refractivity (Wildman–Crippen MR) is 58.8 cm³/mol. The first-order valence-electron chi connectivity index (χ1n) is 6.63. The normalized spacial score (nSPS) is 32.8. The molecule has 0 aromatic heterocycles. The second-order valence-electron chi connectivity index (χ2n) is 5.48. The van der Waals surface area contributed by atoms with E-state index in [0.29, 0.717) is 12.3 Å². The van der Waals surface area contributed by atoms with Crippen molar-refractivity contribution in [1.82, 2.24) is 0 Å². The van der Waals surface area contributed by atoms with Gasteiger partial charge in [-0.3, -0.25) is 9.59 Å². The third kappa shape index (κ3) is 1.83. The van der Waals surface area contributed by atoms with E-state index in [1.54, 1.807) is 0 Å².